The highest BCUT2D eigenvalue weighted by Crippen LogP contribution is 2.30. The average molecular weight is 532 g/mol. The molecule has 0 unspecified atom stereocenters. The van der Waals surface area contributed by atoms with Crippen LogP contribution < -0.4 is 20.1 Å². The maximum atomic E-state index is 13.2. The molecule has 39 heavy (non-hydrogen) atoms. The molecule has 0 fully saturated rings. The van der Waals surface area contributed by atoms with Crippen molar-refractivity contribution in [3.8, 4) is 11.5 Å². The van der Waals surface area contributed by atoms with E-state index in [1.807, 2.05) is 69.3 Å². The Morgan fingerprint density at radius 3 is 2.00 bits per heavy atom. The van der Waals surface area contributed by atoms with Gasteiger partial charge in [0.15, 0.2) is 11.4 Å². The molecule has 2 aromatic carbocycles. The fourth-order valence-electron chi connectivity index (χ4n) is 3.81. The highest BCUT2D eigenvalue weighted by Gasteiger charge is 2.25. The second-order valence-corrected chi connectivity index (χ2v) is 8.89. The lowest BCUT2D eigenvalue weighted by molar-refractivity contribution is -0.121. The van der Waals surface area contributed by atoms with Gasteiger partial charge in [-0.15, -0.1) is 0 Å². The molecular formula is C30H33N3O6. The number of carbonyl (C=O) groups is 3. The van der Waals surface area contributed by atoms with E-state index in [2.05, 4.69) is 15.6 Å². The van der Waals surface area contributed by atoms with Crippen LogP contribution in [0.3, 0.4) is 0 Å². The molecular weight excluding hydrogens is 498 g/mol. The second-order valence-electron chi connectivity index (χ2n) is 8.89. The van der Waals surface area contributed by atoms with Crippen LogP contribution in [-0.4, -0.2) is 42.7 Å². The predicted octanol–water partition coefficient (Wildman–Crippen LogP) is 4.96. The number of pyridine rings is 1. The van der Waals surface area contributed by atoms with Gasteiger partial charge in [-0.1, -0.05) is 59.7 Å². The van der Waals surface area contributed by atoms with Gasteiger partial charge >= 0.3 is 6.16 Å². The monoisotopic (exact) mass is 531 g/mol. The molecule has 0 radical (unpaired) electrons. The molecule has 1 atom stereocenters. The summed E-state index contributed by atoms with van der Waals surface area (Å²) in [7, 11) is 1.36. The molecule has 0 aliphatic carbocycles. The standard InChI is InChI=1S/C30H33N3O6/c1-7-38-30(36)39-27-24(37-6)16-17-31-26(27)29(35)33-21(5)28(34)32-20(4)25(22-12-8-18(2)9-13-22)23-14-10-19(3)11-15-23/h8-17,21H,7H2,1-6H3,(H,32,34)(H,33,35)/t21-/m0/s1. The summed E-state index contributed by atoms with van der Waals surface area (Å²) in [4.78, 5) is 42.2. The highest BCUT2D eigenvalue weighted by atomic mass is 16.7. The van der Waals surface area contributed by atoms with Gasteiger partial charge in [-0.05, 0) is 45.7 Å². The number of allylic oxidation sites excluding steroid dienone is 1. The summed E-state index contributed by atoms with van der Waals surface area (Å²) < 4.78 is 15.2. The third-order valence-corrected chi connectivity index (χ3v) is 5.86. The van der Waals surface area contributed by atoms with Crippen molar-refractivity contribution in [2.45, 2.75) is 40.7 Å². The van der Waals surface area contributed by atoms with E-state index in [9.17, 15) is 14.4 Å². The molecule has 9 nitrogen and oxygen atoms in total. The van der Waals surface area contributed by atoms with Gasteiger partial charge in [0.1, 0.15) is 6.04 Å². The molecule has 3 rings (SSSR count). The minimum atomic E-state index is -1.01. The minimum Gasteiger partial charge on any atom is -0.493 e. The molecule has 0 saturated carbocycles. The largest absolute Gasteiger partial charge is 0.514 e. The zero-order valence-corrected chi connectivity index (χ0v) is 23.0. The number of aryl methyl sites for hydroxylation is 2. The van der Waals surface area contributed by atoms with Crippen LogP contribution in [0.1, 0.15) is 53.5 Å². The second kappa shape index (κ2) is 13.2. The van der Waals surface area contributed by atoms with E-state index in [1.165, 1.54) is 19.4 Å². The van der Waals surface area contributed by atoms with Crippen LogP contribution >= 0.6 is 0 Å². The van der Waals surface area contributed by atoms with Crippen LogP contribution in [0.15, 0.2) is 66.5 Å². The molecule has 2 amide bonds. The van der Waals surface area contributed by atoms with E-state index >= 15 is 0 Å². The first-order valence-corrected chi connectivity index (χ1v) is 12.5. The number of rotatable bonds is 9. The van der Waals surface area contributed by atoms with Gasteiger partial charge in [-0.3, -0.25) is 9.59 Å². The number of carbonyl (C=O) groups excluding carboxylic acids is 3. The summed E-state index contributed by atoms with van der Waals surface area (Å²) in [5, 5.41) is 5.53. The summed E-state index contributed by atoms with van der Waals surface area (Å²) >= 11 is 0. The topological polar surface area (TPSA) is 116 Å². The van der Waals surface area contributed by atoms with Crippen molar-refractivity contribution in [1.29, 1.82) is 0 Å². The smallest absolute Gasteiger partial charge is 0.493 e. The fraction of sp³-hybridized carbons (Fsp3) is 0.267. The lowest BCUT2D eigenvalue weighted by Gasteiger charge is -2.19. The first kappa shape index (κ1) is 28.9. The molecule has 0 saturated heterocycles. The van der Waals surface area contributed by atoms with E-state index in [0.29, 0.717) is 5.70 Å². The predicted molar refractivity (Wildman–Crippen MR) is 148 cm³/mol. The molecule has 1 aromatic heterocycles. The quantitative estimate of drug-likeness (QED) is 0.375. The molecule has 204 valence electrons. The lowest BCUT2D eigenvalue weighted by Crippen LogP contribution is -2.44. The first-order valence-electron chi connectivity index (χ1n) is 12.5. The van der Waals surface area contributed by atoms with Crippen molar-refractivity contribution in [1.82, 2.24) is 15.6 Å². The van der Waals surface area contributed by atoms with Crippen molar-refractivity contribution in [3.05, 3.63) is 94.4 Å². The number of nitrogens with one attached hydrogen (secondary N) is 2. The van der Waals surface area contributed by atoms with Gasteiger partial charge in [0.05, 0.1) is 13.7 Å². The van der Waals surface area contributed by atoms with Gasteiger partial charge in [-0.25, -0.2) is 9.78 Å². The Morgan fingerprint density at radius 1 is 0.923 bits per heavy atom. The zero-order chi connectivity index (χ0) is 28.5. The number of ether oxygens (including phenoxy) is 3. The first-order chi connectivity index (χ1) is 18.6. The Bertz CT molecular complexity index is 1320. The SMILES string of the molecule is CCOC(=O)Oc1c(OC)ccnc1C(=O)N[C@@H](C)C(=O)NC(C)=C(c1ccc(C)cc1)c1ccc(C)cc1. The van der Waals surface area contributed by atoms with Crippen molar-refractivity contribution in [3.63, 3.8) is 0 Å². The number of aromatic nitrogens is 1. The van der Waals surface area contributed by atoms with Crippen LogP contribution in [0.4, 0.5) is 4.79 Å². The maximum absolute atomic E-state index is 13.2. The van der Waals surface area contributed by atoms with Crippen molar-refractivity contribution in [2.24, 2.45) is 0 Å². The van der Waals surface area contributed by atoms with Crippen LogP contribution in [-0.2, 0) is 9.53 Å². The molecule has 2 N–H and O–H groups in total. The Hall–Kier alpha value is -4.66. The van der Waals surface area contributed by atoms with E-state index in [-0.39, 0.29) is 23.8 Å². The fourth-order valence-corrected chi connectivity index (χ4v) is 3.81. The molecule has 0 aliphatic heterocycles. The van der Waals surface area contributed by atoms with Gasteiger partial charge in [-0.2, -0.15) is 0 Å². The molecule has 3 aromatic rings. The van der Waals surface area contributed by atoms with Crippen molar-refractivity contribution in [2.75, 3.05) is 13.7 Å². The van der Waals surface area contributed by atoms with E-state index < -0.39 is 24.0 Å². The Labute approximate surface area is 228 Å². The van der Waals surface area contributed by atoms with Gasteiger partial charge in [0.25, 0.3) is 5.91 Å². The number of nitrogens with zero attached hydrogens (tertiary/aromatic N) is 1. The summed E-state index contributed by atoms with van der Waals surface area (Å²) in [6.45, 7) is 9.09. The average Bonchev–Trinajstić information content (AvgIpc) is 2.91. The normalized spacial score (nSPS) is 11.1. The zero-order valence-electron chi connectivity index (χ0n) is 23.0. The van der Waals surface area contributed by atoms with Crippen molar-refractivity contribution < 1.29 is 28.6 Å². The van der Waals surface area contributed by atoms with Gasteiger partial charge in [0.2, 0.25) is 11.7 Å². The van der Waals surface area contributed by atoms with Crippen LogP contribution in [0.5, 0.6) is 11.5 Å². The Balaban J connectivity index is 1.85. The number of amides is 2. The number of methoxy groups -OCH3 is 1. The lowest BCUT2D eigenvalue weighted by atomic mass is 9.94. The maximum Gasteiger partial charge on any atom is 0.514 e. The third-order valence-electron chi connectivity index (χ3n) is 5.86. The molecule has 0 spiro atoms. The summed E-state index contributed by atoms with van der Waals surface area (Å²) in [5.74, 6) is -1.26. The van der Waals surface area contributed by atoms with E-state index in [1.54, 1.807) is 13.8 Å². The summed E-state index contributed by atoms with van der Waals surface area (Å²) in [6, 6.07) is 16.6. The third kappa shape index (κ3) is 7.44. The Kier molecular flexibility index (Phi) is 9.80. The number of hydrogen-bond donors (Lipinski definition) is 2. The molecule has 1 heterocycles. The van der Waals surface area contributed by atoms with Crippen LogP contribution in [0.25, 0.3) is 5.57 Å². The molecule has 0 aliphatic rings. The number of hydrogen-bond acceptors (Lipinski definition) is 7. The summed E-state index contributed by atoms with van der Waals surface area (Å²) in [6.07, 6.45) is 0.322. The van der Waals surface area contributed by atoms with Crippen LogP contribution in [0, 0.1) is 13.8 Å². The molecule has 0 bridgehead atoms. The highest BCUT2D eigenvalue weighted by molar-refractivity contribution is 5.99. The minimum absolute atomic E-state index is 0.0835. The van der Waals surface area contributed by atoms with Crippen LogP contribution in [0.2, 0.25) is 0 Å². The molecule has 9 heteroatoms. The van der Waals surface area contributed by atoms with E-state index in [0.717, 1.165) is 27.8 Å². The summed E-state index contributed by atoms with van der Waals surface area (Å²) in [5.41, 5.74) is 5.39. The van der Waals surface area contributed by atoms with Gasteiger partial charge < -0.3 is 24.8 Å². The van der Waals surface area contributed by atoms with Crippen molar-refractivity contribution >= 4 is 23.5 Å². The van der Waals surface area contributed by atoms with Gasteiger partial charge in [0, 0.05) is 23.5 Å². The number of benzene rings is 2. The van der Waals surface area contributed by atoms with E-state index in [4.69, 9.17) is 14.2 Å². The Morgan fingerprint density at radius 2 is 1.49 bits per heavy atom.